The summed E-state index contributed by atoms with van der Waals surface area (Å²) in [5.41, 5.74) is 6.52. The second-order valence-electron chi connectivity index (χ2n) is 5.59. The van der Waals surface area contributed by atoms with Crippen LogP contribution < -0.4 is 5.73 Å². The molecule has 0 spiro atoms. The summed E-state index contributed by atoms with van der Waals surface area (Å²) in [7, 11) is 2.12. The minimum Gasteiger partial charge on any atom is -0.399 e. The third-order valence-corrected chi connectivity index (χ3v) is 3.95. The highest BCUT2D eigenvalue weighted by molar-refractivity contribution is 5.42. The molecule has 100 valence electrons. The van der Waals surface area contributed by atoms with Gasteiger partial charge >= 0.3 is 0 Å². The first-order valence-electron chi connectivity index (χ1n) is 6.40. The SMILES string of the molecule is CN1CCN(C(C)(C)c2ccc(N)cc2F)CC1. The van der Waals surface area contributed by atoms with Crippen LogP contribution in [-0.2, 0) is 5.54 Å². The van der Waals surface area contributed by atoms with Crippen LogP contribution in [-0.4, -0.2) is 43.0 Å². The number of halogens is 1. The Morgan fingerprint density at radius 3 is 2.33 bits per heavy atom. The zero-order valence-corrected chi connectivity index (χ0v) is 11.4. The summed E-state index contributed by atoms with van der Waals surface area (Å²) in [6.45, 7) is 8.14. The standard InChI is InChI=1S/C14H22FN3/c1-14(2,18-8-6-17(3)7-9-18)12-5-4-11(16)10-13(12)15/h4-5,10H,6-9,16H2,1-3H3. The largest absolute Gasteiger partial charge is 0.399 e. The quantitative estimate of drug-likeness (QED) is 0.815. The summed E-state index contributed by atoms with van der Waals surface area (Å²) >= 11 is 0. The second-order valence-corrected chi connectivity index (χ2v) is 5.59. The number of benzene rings is 1. The van der Waals surface area contributed by atoms with Gasteiger partial charge in [0.2, 0.25) is 0 Å². The van der Waals surface area contributed by atoms with E-state index in [0.717, 1.165) is 31.7 Å². The van der Waals surface area contributed by atoms with Crippen LogP contribution in [0.25, 0.3) is 0 Å². The van der Waals surface area contributed by atoms with Crippen molar-refractivity contribution in [3.05, 3.63) is 29.6 Å². The van der Waals surface area contributed by atoms with Crippen molar-refractivity contribution in [2.24, 2.45) is 0 Å². The molecule has 18 heavy (non-hydrogen) atoms. The molecule has 0 bridgehead atoms. The van der Waals surface area contributed by atoms with Crippen LogP contribution in [0.2, 0.25) is 0 Å². The number of likely N-dealkylation sites (N-methyl/N-ethyl adjacent to an activating group) is 1. The topological polar surface area (TPSA) is 32.5 Å². The van der Waals surface area contributed by atoms with E-state index in [4.69, 9.17) is 5.73 Å². The number of nitrogens with zero attached hydrogens (tertiary/aromatic N) is 2. The number of hydrogen-bond donors (Lipinski definition) is 1. The zero-order chi connectivity index (χ0) is 13.3. The fourth-order valence-electron chi connectivity index (χ4n) is 2.56. The summed E-state index contributed by atoms with van der Waals surface area (Å²) in [4.78, 5) is 4.63. The molecule has 1 saturated heterocycles. The molecule has 1 aliphatic rings. The average molecular weight is 251 g/mol. The predicted molar refractivity (Wildman–Crippen MR) is 72.9 cm³/mol. The number of anilines is 1. The van der Waals surface area contributed by atoms with E-state index in [0.29, 0.717) is 5.69 Å². The van der Waals surface area contributed by atoms with Gasteiger partial charge in [0.25, 0.3) is 0 Å². The summed E-state index contributed by atoms with van der Waals surface area (Å²) < 4.78 is 14.1. The van der Waals surface area contributed by atoms with Crippen LogP contribution in [0, 0.1) is 5.82 Å². The molecule has 1 fully saturated rings. The highest BCUT2D eigenvalue weighted by Crippen LogP contribution is 2.31. The van der Waals surface area contributed by atoms with Crippen LogP contribution >= 0.6 is 0 Å². The minimum absolute atomic E-state index is 0.209. The van der Waals surface area contributed by atoms with Gasteiger partial charge in [0.15, 0.2) is 0 Å². The summed E-state index contributed by atoms with van der Waals surface area (Å²) in [6, 6.07) is 4.99. The van der Waals surface area contributed by atoms with Gasteiger partial charge in [0, 0.05) is 43.0 Å². The van der Waals surface area contributed by atoms with Crippen molar-refractivity contribution in [1.82, 2.24) is 9.80 Å². The minimum atomic E-state index is -0.293. The summed E-state index contributed by atoms with van der Waals surface area (Å²) in [5.74, 6) is -0.209. The molecule has 1 aromatic carbocycles. The first-order chi connectivity index (χ1) is 8.41. The third kappa shape index (κ3) is 2.49. The number of piperazine rings is 1. The van der Waals surface area contributed by atoms with Crippen LogP contribution in [0.4, 0.5) is 10.1 Å². The Kier molecular flexibility index (Phi) is 3.59. The Bertz CT molecular complexity index is 423. The van der Waals surface area contributed by atoms with Crippen molar-refractivity contribution in [3.63, 3.8) is 0 Å². The lowest BCUT2D eigenvalue weighted by Crippen LogP contribution is -2.52. The second kappa shape index (κ2) is 4.86. The van der Waals surface area contributed by atoms with E-state index in [2.05, 4.69) is 30.7 Å². The maximum atomic E-state index is 14.1. The molecule has 0 atom stereocenters. The van der Waals surface area contributed by atoms with E-state index < -0.39 is 0 Å². The molecule has 0 radical (unpaired) electrons. The van der Waals surface area contributed by atoms with Crippen LogP contribution in [0.5, 0.6) is 0 Å². The van der Waals surface area contributed by atoms with Gasteiger partial charge in [-0.15, -0.1) is 0 Å². The maximum Gasteiger partial charge on any atom is 0.130 e. The van der Waals surface area contributed by atoms with Gasteiger partial charge in [-0.25, -0.2) is 4.39 Å². The van der Waals surface area contributed by atoms with Crippen LogP contribution in [0.15, 0.2) is 18.2 Å². The Labute approximate surface area is 108 Å². The molecule has 3 nitrogen and oxygen atoms in total. The maximum absolute atomic E-state index is 14.1. The van der Waals surface area contributed by atoms with E-state index in [-0.39, 0.29) is 11.4 Å². The molecule has 1 aromatic rings. The summed E-state index contributed by atoms with van der Waals surface area (Å²) in [5, 5.41) is 0. The van der Waals surface area contributed by atoms with E-state index in [1.807, 2.05) is 6.07 Å². The highest BCUT2D eigenvalue weighted by Gasteiger charge is 2.32. The van der Waals surface area contributed by atoms with E-state index in [1.54, 1.807) is 6.07 Å². The lowest BCUT2D eigenvalue weighted by atomic mass is 9.90. The van der Waals surface area contributed by atoms with Crippen LogP contribution in [0.1, 0.15) is 19.4 Å². The Morgan fingerprint density at radius 1 is 1.17 bits per heavy atom. The molecule has 2 rings (SSSR count). The molecule has 0 aromatic heterocycles. The molecule has 1 heterocycles. The number of hydrogen-bond acceptors (Lipinski definition) is 3. The van der Waals surface area contributed by atoms with E-state index >= 15 is 0 Å². The Balaban J connectivity index is 2.24. The number of rotatable bonds is 2. The summed E-state index contributed by atoms with van der Waals surface area (Å²) in [6.07, 6.45) is 0. The molecular formula is C14H22FN3. The smallest absolute Gasteiger partial charge is 0.130 e. The molecular weight excluding hydrogens is 229 g/mol. The highest BCUT2D eigenvalue weighted by atomic mass is 19.1. The van der Waals surface area contributed by atoms with Gasteiger partial charge in [-0.3, -0.25) is 4.90 Å². The zero-order valence-electron chi connectivity index (χ0n) is 11.4. The van der Waals surface area contributed by atoms with Gasteiger partial charge in [-0.1, -0.05) is 6.07 Å². The molecule has 0 saturated carbocycles. The average Bonchev–Trinajstić information content (AvgIpc) is 2.29. The monoisotopic (exact) mass is 251 g/mol. The molecule has 0 aliphatic carbocycles. The lowest BCUT2D eigenvalue weighted by Gasteiger charge is -2.43. The Morgan fingerprint density at radius 2 is 1.78 bits per heavy atom. The van der Waals surface area contributed by atoms with Crippen molar-refractivity contribution in [2.75, 3.05) is 39.0 Å². The van der Waals surface area contributed by atoms with Crippen molar-refractivity contribution >= 4 is 5.69 Å². The number of nitrogens with two attached hydrogens (primary N) is 1. The molecule has 0 amide bonds. The molecule has 4 heteroatoms. The fraction of sp³-hybridized carbons (Fsp3) is 0.571. The fourth-order valence-corrected chi connectivity index (χ4v) is 2.56. The molecule has 1 aliphatic heterocycles. The van der Waals surface area contributed by atoms with Gasteiger partial charge in [0.05, 0.1) is 0 Å². The van der Waals surface area contributed by atoms with E-state index in [9.17, 15) is 4.39 Å². The van der Waals surface area contributed by atoms with Crippen molar-refractivity contribution < 1.29 is 4.39 Å². The van der Waals surface area contributed by atoms with Crippen molar-refractivity contribution in [1.29, 1.82) is 0 Å². The van der Waals surface area contributed by atoms with Gasteiger partial charge in [-0.2, -0.15) is 0 Å². The van der Waals surface area contributed by atoms with Gasteiger partial charge in [-0.05, 0) is 33.0 Å². The van der Waals surface area contributed by atoms with E-state index in [1.165, 1.54) is 6.07 Å². The van der Waals surface area contributed by atoms with Crippen LogP contribution in [0.3, 0.4) is 0 Å². The Hall–Kier alpha value is -1.13. The van der Waals surface area contributed by atoms with Crippen molar-refractivity contribution in [2.45, 2.75) is 19.4 Å². The first-order valence-corrected chi connectivity index (χ1v) is 6.40. The normalized spacial score (nSPS) is 19.1. The molecule has 0 unspecified atom stereocenters. The predicted octanol–water partition coefficient (Wildman–Crippen LogP) is 1.89. The third-order valence-electron chi connectivity index (χ3n) is 3.95. The van der Waals surface area contributed by atoms with Gasteiger partial charge < -0.3 is 10.6 Å². The molecule has 2 N–H and O–H groups in total. The van der Waals surface area contributed by atoms with Gasteiger partial charge in [0.1, 0.15) is 5.82 Å². The van der Waals surface area contributed by atoms with Crippen molar-refractivity contribution in [3.8, 4) is 0 Å². The first kappa shape index (κ1) is 13.3. The lowest BCUT2D eigenvalue weighted by molar-refractivity contribution is 0.0584. The number of nitrogen functional groups attached to an aromatic ring is 1.